The zero-order valence-electron chi connectivity index (χ0n) is 9.09. The van der Waals surface area contributed by atoms with Crippen molar-refractivity contribution in [1.82, 2.24) is 0 Å². The van der Waals surface area contributed by atoms with E-state index in [9.17, 15) is 4.79 Å². The Kier molecular flexibility index (Phi) is 2.37. The summed E-state index contributed by atoms with van der Waals surface area (Å²) >= 11 is 1.28. The van der Waals surface area contributed by atoms with E-state index < -0.39 is 5.97 Å². The van der Waals surface area contributed by atoms with Crippen molar-refractivity contribution in [2.45, 2.75) is 13.1 Å². The van der Waals surface area contributed by atoms with Crippen LogP contribution in [0.1, 0.15) is 20.8 Å². The molecule has 0 amide bonds. The number of anilines is 1. The first kappa shape index (κ1) is 10.4. The Morgan fingerprint density at radius 3 is 2.41 bits per heavy atom. The van der Waals surface area contributed by atoms with Crippen molar-refractivity contribution >= 4 is 23.0 Å². The highest BCUT2D eigenvalue weighted by Gasteiger charge is 2.20. The number of nitrogens with zero attached hydrogens (tertiary/aromatic N) is 1. The Hall–Kier alpha value is -1.81. The summed E-state index contributed by atoms with van der Waals surface area (Å²) in [6.07, 6.45) is 0. The van der Waals surface area contributed by atoms with Gasteiger partial charge in [-0.2, -0.15) is 0 Å². The third-order valence-corrected chi connectivity index (χ3v) is 3.91. The maximum absolute atomic E-state index is 10.8. The molecule has 86 valence electrons. The number of hydrogen-bond donors (Lipinski definition) is 1. The smallest absolute Gasteiger partial charge is 0.345 e. The van der Waals surface area contributed by atoms with Gasteiger partial charge in [-0.15, -0.1) is 11.3 Å². The van der Waals surface area contributed by atoms with E-state index in [1.807, 2.05) is 17.5 Å². The number of thiophene rings is 1. The second-order valence-electron chi connectivity index (χ2n) is 4.10. The molecule has 2 heterocycles. The number of fused-ring (bicyclic) bond motifs is 1. The maximum atomic E-state index is 10.8. The molecule has 2 aromatic rings. The zero-order chi connectivity index (χ0) is 11.8. The lowest BCUT2D eigenvalue weighted by atomic mass is 10.1. The monoisotopic (exact) mass is 245 g/mol. The summed E-state index contributed by atoms with van der Waals surface area (Å²) in [6, 6.07) is 10.1. The molecule has 0 saturated carbocycles. The predicted molar refractivity (Wildman–Crippen MR) is 67.6 cm³/mol. The largest absolute Gasteiger partial charge is 0.477 e. The third-order valence-electron chi connectivity index (χ3n) is 3.00. The fraction of sp³-hybridized carbons (Fsp3) is 0.154. The lowest BCUT2D eigenvalue weighted by Gasteiger charge is -2.14. The van der Waals surface area contributed by atoms with Crippen LogP contribution in [0.2, 0.25) is 0 Å². The number of carbonyl (C=O) groups is 1. The van der Waals surface area contributed by atoms with Gasteiger partial charge in [0, 0.05) is 24.2 Å². The summed E-state index contributed by atoms with van der Waals surface area (Å²) < 4.78 is 0. The number of rotatable bonds is 2. The highest BCUT2D eigenvalue weighted by atomic mass is 32.1. The molecule has 3 nitrogen and oxygen atoms in total. The lowest BCUT2D eigenvalue weighted by molar-refractivity contribution is 0.0702. The Morgan fingerprint density at radius 2 is 1.88 bits per heavy atom. The first-order valence-corrected chi connectivity index (χ1v) is 6.25. The Morgan fingerprint density at radius 1 is 1.24 bits per heavy atom. The minimum Gasteiger partial charge on any atom is -0.477 e. The number of aromatic carboxylic acids is 1. The van der Waals surface area contributed by atoms with Gasteiger partial charge in [0.25, 0.3) is 0 Å². The first-order valence-electron chi connectivity index (χ1n) is 5.37. The number of benzene rings is 1. The molecule has 0 bridgehead atoms. The van der Waals surface area contributed by atoms with E-state index in [0.29, 0.717) is 4.88 Å². The van der Waals surface area contributed by atoms with Gasteiger partial charge in [0.2, 0.25) is 0 Å². The second kappa shape index (κ2) is 3.89. The van der Waals surface area contributed by atoms with Crippen LogP contribution in [0.5, 0.6) is 0 Å². The minimum atomic E-state index is -0.849. The fourth-order valence-corrected chi connectivity index (χ4v) is 2.87. The van der Waals surface area contributed by atoms with Gasteiger partial charge >= 0.3 is 5.97 Å². The maximum Gasteiger partial charge on any atom is 0.345 e. The van der Waals surface area contributed by atoms with Gasteiger partial charge in [-0.1, -0.05) is 24.3 Å². The average Bonchev–Trinajstić information content (AvgIpc) is 2.95. The molecule has 0 saturated heterocycles. The van der Waals surface area contributed by atoms with Crippen LogP contribution in [0.25, 0.3) is 0 Å². The van der Waals surface area contributed by atoms with Crippen molar-refractivity contribution in [3.63, 3.8) is 0 Å². The van der Waals surface area contributed by atoms with E-state index in [0.717, 1.165) is 18.8 Å². The van der Waals surface area contributed by atoms with Gasteiger partial charge in [0.05, 0.1) is 0 Å². The van der Waals surface area contributed by atoms with Crippen LogP contribution in [0.15, 0.2) is 35.7 Å². The van der Waals surface area contributed by atoms with Crippen molar-refractivity contribution in [3.8, 4) is 0 Å². The van der Waals surface area contributed by atoms with Gasteiger partial charge in [0.1, 0.15) is 4.88 Å². The van der Waals surface area contributed by atoms with Crippen molar-refractivity contribution in [2.75, 3.05) is 4.90 Å². The molecular formula is C13H11NO2S. The molecule has 3 rings (SSSR count). The molecule has 1 aliphatic heterocycles. The van der Waals surface area contributed by atoms with Gasteiger partial charge in [-0.05, 0) is 17.2 Å². The quantitative estimate of drug-likeness (QED) is 0.884. The third kappa shape index (κ3) is 1.80. The van der Waals surface area contributed by atoms with Crippen LogP contribution in [0.4, 0.5) is 5.69 Å². The lowest BCUT2D eigenvalue weighted by Crippen LogP contribution is -2.13. The molecule has 0 fully saturated rings. The molecule has 0 aliphatic carbocycles. The molecule has 17 heavy (non-hydrogen) atoms. The van der Waals surface area contributed by atoms with E-state index in [1.165, 1.54) is 22.5 Å². The summed E-state index contributed by atoms with van der Waals surface area (Å²) in [5.41, 5.74) is 3.66. The van der Waals surface area contributed by atoms with E-state index in [-0.39, 0.29) is 0 Å². The molecule has 1 aromatic heterocycles. The Bertz CT molecular complexity index is 551. The summed E-state index contributed by atoms with van der Waals surface area (Å²) in [4.78, 5) is 13.4. The fourth-order valence-electron chi connectivity index (χ4n) is 2.12. The van der Waals surface area contributed by atoms with E-state index in [2.05, 4.69) is 17.0 Å². The number of carboxylic acid groups (broad SMARTS) is 1. The van der Waals surface area contributed by atoms with Crippen LogP contribution in [-0.4, -0.2) is 11.1 Å². The highest BCUT2D eigenvalue weighted by molar-refractivity contribution is 7.12. The van der Waals surface area contributed by atoms with E-state index in [4.69, 9.17) is 5.11 Å². The standard InChI is InChI=1S/C13H11NO2S/c15-13(16)12-5-11(8-17-12)14-6-9-3-1-2-4-10(9)7-14/h1-5,8H,6-7H2,(H,15,16). The molecule has 0 unspecified atom stereocenters. The molecule has 0 spiro atoms. The average molecular weight is 245 g/mol. The predicted octanol–water partition coefficient (Wildman–Crippen LogP) is 2.97. The molecule has 0 radical (unpaired) electrons. The molecule has 1 aromatic carbocycles. The topological polar surface area (TPSA) is 40.5 Å². The van der Waals surface area contributed by atoms with E-state index >= 15 is 0 Å². The summed E-state index contributed by atoms with van der Waals surface area (Å²) in [7, 11) is 0. The zero-order valence-corrected chi connectivity index (χ0v) is 9.91. The number of hydrogen-bond acceptors (Lipinski definition) is 3. The van der Waals surface area contributed by atoms with Crippen molar-refractivity contribution in [1.29, 1.82) is 0 Å². The van der Waals surface area contributed by atoms with Crippen LogP contribution < -0.4 is 4.90 Å². The van der Waals surface area contributed by atoms with Gasteiger partial charge in [-0.25, -0.2) is 4.79 Å². The van der Waals surface area contributed by atoms with Crippen LogP contribution in [0.3, 0.4) is 0 Å². The van der Waals surface area contributed by atoms with Gasteiger partial charge in [0.15, 0.2) is 0 Å². The molecule has 4 heteroatoms. The van der Waals surface area contributed by atoms with Crippen molar-refractivity contribution in [2.24, 2.45) is 0 Å². The Labute approximate surface area is 103 Å². The van der Waals surface area contributed by atoms with Crippen LogP contribution in [0, 0.1) is 0 Å². The summed E-state index contributed by atoms with van der Waals surface area (Å²) in [5.74, 6) is -0.849. The van der Waals surface area contributed by atoms with Crippen molar-refractivity contribution < 1.29 is 9.90 Å². The number of carboxylic acids is 1. The molecular weight excluding hydrogens is 234 g/mol. The second-order valence-corrected chi connectivity index (χ2v) is 5.01. The summed E-state index contributed by atoms with van der Waals surface area (Å²) in [6.45, 7) is 1.73. The van der Waals surface area contributed by atoms with Gasteiger partial charge < -0.3 is 10.0 Å². The molecule has 1 N–H and O–H groups in total. The van der Waals surface area contributed by atoms with Crippen molar-refractivity contribution in [3.05, 3.63) is 51.7 Å². The summed E-state index contributed by atoms with van der Waals surface area (Å²) in [5, 5.41) is 10.8. The SMILES string of the molecule is O=C(O)c1cc(N2Cc3ccccc3C2)cs1. The van der Waals surface area contributed by atoms with Crippen LogP contribution in [-0.2, 0) is 13.1 Å². The van der Waals surface area contributed by atoms with E-state index in [1.54, 1.807) is 6.07 Å². The molecule has 1 aliphatic rings. The molecule has 0 atom stereocenters. The van der Waals surface area contributed by atoms with Crippen LogP contribution >= 0.6 is 11.3 Å². The normalized spacial score (nSPS) is 13.8. The van der Waals surface area contributed by atoms with Gasteiger partial charge in [-0.3, -0.25) is 0 Å². The Balaban J connectivity index is 1.86. The minimum absolute atomic E-state index is 0.399. The highest BCUT2D eigenvalue weighted by Crippen LogP contribution is 2.31. The first-order chi connectivity index (χ1) is 8.24.